The van der Waals surface area contributed by atoms with E-state index in [0.29, 0.717) is 18.5 Å². The highest BCUT2D eigenvalue weighted by Gasteiger charge is 2.30. The Labute approximate surface area is 111 Å². The summed E-state index contributed by atoms with van der Waals surface area (Å²) >= 11 is 0. The molecule has 0 spiro atoms. The van der Waals surface area contributed by atoms with E-state index in [0.717, 1.165) is 12.5 Å². The molecule has 0 aliphatic heterocycles. The van der Waals surface area contributed by atoms with Crippen molar-refractivity contribution >= 4 is 0 Å². The maximum Gasteiger partial charge on any atom is 0.416 e. The molecule has 0 aromatic heterocycles. The molecule has 0 amide bonds. The van der Waals surface area contributed by atoms with Crippen molar-refractivity contribution in [2.24, 2.45) is 0 Å². The zero-order valence-corrected chi connectivity index (χ0v) is 11.2. The fraction of sp³-hybridized carbons (Fsp3) is 0.571. The summed E-state index contributed by atoms with van der Waals surface area (Å²) in [6, 6.07) is 5.21. The van der Waals surface area contributed by atoms with E-state index in [2.05, 4.69) is 5.32 Å². The Balaban J connectivity index is 2.55. The predicted molar refractivity (Wildman–Crippen MR) is 68.8 cm³/mol. The van der Waals surface area contributed by atoms with Gasteiger partial charge in [0.05, 0.1) is 11.7 Å². The highest BCUT2D eigenvalue weighted by atomic mass is 19.4. The highest BCUT2D eigenvalue weighted by molar-refractivity contribution is 5.27. The smallest absolute Gasteiger partial charge is 0.393 e. The van der Waals surface area contributed by atoms with E-state index in [1.165, 1.54) is 12.1 Å². The van der Waals surface area contributed by atoms with Crippen molar-refractivity contribution in [1.29, 1.82) is 0 Å². The van der Waals surface area contributed by atoms with E-state index in [4.69, 9.17) is 5.11 Å². The molecule has 5 heteroatoms. The van der Waals surface area contributed by atoms with Crippen molar-refractivity contribution in [2.75, 3.05) is 6.54 Å². The van der Waals surface area contributed by atoms with Crippen molar-refractivity contribution in [3.63, 3.8) is 0 Å². The molecule has 0 saturated carbocycles. The van der Waals surface area contributed by atoms with Crippen LogP contribution in [0.3, 0.4) is 0 Å². The molecule has 2 unspecified atom stereocenters. The number of aliphatic hydroxyl groups is 1. The topological polar surface area (TPSA) is 32.3 Å². The second-order valence-electron chi connectivity index (χ2n) is 4.79. The second-order valence-corrected chi connectivity index (χ2v) is 4.79. The maximum absolute atomic E-state index is 12.6. The lowest BCUT2D eigenvalue weighted by atomic mass is 10.0. The molecule has 0 aliphatic rings. The molecule has 1 rings (SSSR count). The van der Waals surface area contributed by atoms with E-state index in [-0.39, 0.29) is 12.1 Å². The first-order chi connectivity index (χ1) is 8.80. The summed E-state index contributed by atoms with van der Waals surface area (Å²) in [7, 11) is 0. The normalized spacial score (nSPS) is 15.3. The minimum Gasteiger partial charge on any atom is -0.393 e. The number of aliphatic hydroxyl groups excluding tert-OH is 1. The molecule has 19 heavy (non-hydrogen) atoms. The third-order valence-corrected chi connectivity index (χ3v) is 2.96. The lowest BCUT2D eigenvalue weighted by Crippen LogP contribution is -2.21. The number of hydrogen-bond acceptors (Lipinski definition) is 2. The Morgan fingerprint density at radius 2 is 1.95 bits per heavy atom. The minimum absolute atomic E-state index is 0.142. The summed E-state index contributed by atoms with van der Waals surface area (Å²) in [5.74, 6) is 0. The van der Waals surface area contributed by atoms with Gasteiger partial charge in [0.25, 0.3) is 0 Å². The van der Waals surface area contributed by atoms with Gasteiger partial charge in [0.15, 0.2) is 0 Å². The number of benzene rings is 1. The summed E-state index contributed by atoms with van der Waals surface area (Å²) in [6.45, 7) is 4.22. The van der Waals surface area contributed by atoms with Crippen LogP contribution in [-0.2, 0) is 6.18 Å². The molecule has 0 aliphatic carbocycles. The van der Waals surface area contributed by atoms with Crippen LogP contribution in [-0.4, -0.2) is 17.8 Å². The average molecular weight is 275 g/mol. The summed E-state index contributed by atoms with van der Waals surface area (Å²) in [5, 5.41) is 12.3. The van der Waals surface area contributed by atoms with Crippen molar-refractivity contribution in [3.05, 3.63) is 35.4 Å². The number of hydrogen-bond donors (Lipinski definition) is 2. The van der Waals surface area contributed by atoms with E-state index < -0.39 is 11.7 Å². The van der Waals surface area contributed by atoms with Crippen LogP contribution in [0.4, 0.5) is 13.2 Å². The van der Waals surface area contributed by atoms with Gasteiger partial charge in [-0.05, 0) is 50.9 Å². The lowest BCUT2D eigenvalue weighted by Gasteiger charge is -2.16. The van der Waals surface area contributed by atoms with E-state index in [1.807, 2.05) is 6.92 Å². The van der Waals surface area contributed by atoms with Crippen LogP contribution in [0.1, 0.15) is 43.9 Å². The Morgan fingerprint density at radius 3 is 2.53 bits per heavy atom. The first kappa shape index (κ1) is 16.0. The fourth-order valence-electron chi connectivity index (χ4n) is 1.82. The molecule has 2 atom stereocenters. The molecule has 1 aromatic rings. The van der Waals surface area contributed by atoms with E-state index >= 15 is 0 Å². The standard InChI is InChI=1S/C14H20F3NO/c1-10(19)5-4-8-18-11(2)12-6-3-7-13(9-12)14(15,16)17/h3,6-7,9-11,18-19H,4-5,8H2,1-2H3. The molecule has 0 heterocycles. The van der Waals surface area contributed by atoms with Gasteiger partial charge in [0.1, 0.15) is 0 Å². The van der Waals surface area contributed by atoms with Crippen LogP contribution in [0, 0.1) is 0 Å². The van der Waals surface area contributed by atoms with E-state index in [9.17, 15) is 13.2 Å². The van der Waals surface area contributed by atoms with Crippen molar-refractivity contribution in [1.82, 2.24) is 5.32 Å². The van der Waals surface area contributed by atoms with Crippen LogP contribution in [0.25, 0.3) is 0 Å². The third kappa shape index (κ3) is 5.61. The number of rotatable bonds is 6. The average Bonchev–Trinajstić information content (AvgIpc) is 2.33. The summed E-state index contributed by atoms with van der Waals surface area (Å²) in [4.78, 5) is 0. The summed E-state index contributed by atoms with van der Waals surface area (Å²) < 4.78 is 37.7. The molecular weight excluding hydrogens is 255 g/mol. The monoisotopic (exact) mass is 275 g/mol. The van der Waals surface area contributed by atoms with Crippen LogP contribution in [0.15, 0.2) is 24.3 Å². The van der Waals surface area contributed by atoms with Gasteiger partial charge in [0.2, 0.25) is 0 Å². The lowest BCUT2D eigenvalue weighted by molar-refractivity contribution is -0.137. The predicted octanol–water partition coefficient (Wildman–Crippen LogP) is 3.52. The maximum atomic E-state index is 12.6. The van der Waals surface area contributed by atoms with Crippen molar-refractivity contribution in [2.45, 2.75) is 45.0 Å². The molecule has 1 aromatic carbocycles. The highest BCUT2D eigenvalue weighted by Crippen LogP contribution is 2.30. The molecule has 0 radical (unpaired) electrons. The fourth-order valence-corrected chi connectivity index (χ4v) is 1.82. The van der Waals surface area contributed by atoms with Crippen LogP contribution < -0.4 is 5.32 Å². The Morgan fingerprint density at radius 1 is 1.26 bits per heavy atom. The molecule has 2 N–H and O–H groups in total. The van der Waals surface area contributed by atoms with Crippen LogP contribution in [0.2, 0.25) is 0 Å². The quantitative estimate of drug-likeness (QED) is 0.779. The molecule has 108 valence electrons. The van der Waals surface area contributed by atoms with Gasteiger partial charge in [-0.3, -0.25) is 0 Å². The first-order valence-electron chi connectivity index (χ1n) is 6.39. The zero-order valence-electron chi connectivity index (χ0n) is 11.2. The number of halogens is 3. The Kier molecular flexibility index (Phi) is 5.82. The minimum atomic E-state index is -4.30. The van der Waals surface area contributed by atoms with Crippen LogP contribution >= 0.6 is 0 Å². The van der Waals surface area contributed by atoms with Gasteiger partial charge >= 0.3 is 6.18 Å². The Bertz CT molecular complexity index is 391. The first-order valence-corrected chi connectivity index (χ1v) is 6.39. The third-order valence-electron chi connectivity index (χ3n) is 2.96. The van der Waals surface area contributed by atoms with E-state index in [1.54, 1.807) is 13.0 Å². The summed E-state index contributed by atoms with van der Waals surface area (Å²) in [5.41, 5.74) is -0.00509. The Hall–Kier alpha value is -1.07. The SMILES string of the molecule is CC(O)CCCNC(C)c1cccc(C(F)(F)F)c1. The van der Waals surface area contributed by atoms with Gasteiger partial charge in [-0.25, -0.2) is 0 Å². The van der Waals surface area contributed by atoms with Gasteiger partial charge < -0.3 is 10.4 Å². The largest absolute Gasteiger partial charge is 0.416 e. The number of nitrogens with one attached hydrogen (secondary N) is 1. The zero-order chi connectivity index (χ0) is 14.5. The summed E-state index contributed by atoms with van der Waals surface area (Å²) in [6.07, 6.45) is -3.17. The van der Waals surface area contributed by atoms with Crippen LogP contribution in [0.5, 0.6) is 0 Å². The number of alkyl halides is 3. The molecular formula is C14H20F3NO. The second kappa shape index (κ2) is 6.91. The van der Waals surface area contributed by atoms with Crippen molar-refractivity contribution in [3.8, 4) is 0 Å². The van der Waals surface area contributed by atoms with Gasteiger partial charge in [-0.2, -0.15) is 13.2 Å². The van der Waals surface area contributed by atoms with Gasteiger partial charge in [-0.1, -0.05) is 12.1 Å². The molecule has 0 fully saturated rings. The van der Waals surface area contributed by atoms with Gasteiger partial charge in [0, 0.05) is 6.04 Å². The van der Waals surface area contributed by atoms with Gasteiger partial charge in [-0.15, -0.1) is 0 Å². The molecule has 0 saturated heterocycles. The molecule has 0 bridgehead atoms. The van der Waals surface area contributed by atoms with Crippen molar-refractivity contribution < 1.29 is 18.3 Å². The molecule has 2 nitrogen and oxygen atoms in total.